The van der Waals surface area contributed by atoms with E-state index in [-0.39, 0.29) is 17.9 Å². The van der Waals surface area contributed by atoms with Gasteiger partial charge >= 0.3 is 0 Å². The molecule has 0 radical (unpaired) electrons. The Kier molecular flexibility index (Phi) is 4.45. The van der Waals surface area contributed by atoms with Crippen molar-refractivity contribution in [1.82, 2.24) is 5.32 Å². The second-order valence-electron chi connectivity index (χ2n) is 5.07. The van der Waals surface area contributed by atoms with Crippen LogP contribution in [0.15, 0.2) is 24.3 Å². The molecular formula is C14H19ClN2O2. The molecule has 1 aliphatic rings. The first-order valence-corrected chi connectivity index (χ1v) is 6.73. The van der Waals surface area contributed by atoms with E-state index in [9.17, 15) is 4.79 Å². The van der Waals surface area contributed by atoms with Crippen molar-refractivity contribution in [3.05, 3.63) is 34.9 Å². The minimum atomic E-state index is -0.606. The molecule has 1 unspecified atom stereocenters. The Morgan fingerprint density at radius 3 is 2.63 bits per heavy atom. The van der Waals surface area contributed by atoms with Gasteiger partial charge in [-0.3, -0.25) is 4.79 Å². The van der Waals surface area contributed by atoms with Crippen molar-refractivity contribution in [3.8, 4) is 0 Å². The molecule has 1 atom stereocenters. The van der Waals surface area contributed by atoms with Crippen LogP contribution in [-0.4, -0.2) is 32.2 Å². The third-order valence-corrected chi connectivity index (χ3v) is 3.85. The van der Waals surface area contributed by atoms with Crippen LogP contribution in [0.1, 0.15) is 18.4 Å². The minimum Gasteiger partial charge on any atom is -0.383 e. The number of carbonyl (C=O) groups excluding carboxylic acids is 1. The standard InChI is InChI=1S/C14H19ClN2O2/c1-19-8-12(16)13(18)17-9-14(6-7-14)10-2-4-11(15)5-3-10/h2-5,12H,6-9,16H2,1H3,(H,17,18). The fourth-order valence-electron chi connectivity index (χ4n) is 2.16. The quantitative estimate of drug-likeness (QED) is 0.830. The van der Waals surface area contributed by atoms with Crippen LogP contribution < -0.4 is 11.1 Å². The van der Waals surface area contributed by atoms with Gasteiger partial charge in [0.05, 0.1) is 6.61 Å². The average Bonchev–Trinajstić information content (AvgIpc) is 3.18. The molecule has 1 fully saturated rings. The van der Waals surface area contributed by atoms with Crippen LogP contribution in [-0.2, 0) is 14.9 Å². The zero-order valence-corrected chi connectivity index (χ0v) is 11.7. The smallest absolute Gasteiger partial charge is 0.239 e. The first kappa shape index (κ1) is 14.3. The molecule has 104 valence electrons. The molecule has 5 heteroatoms. The topological polar surface area (TPSA) is 64.3 Å². The fourth-order valence-corrected chi connectivity index (χ4v) is 2.29. The summed E-state index contributed by atoms with van der Waals surface area (Å²) in [7, 11) is 1.53. The number of carbonyl (C=O) groups is 1. The van der Waals surface area contributed by atoms with Crippen LogP contribution in [0.25, 0.3) is 0 Å². The molecule has 0 saturated heterocycles. The first-order chi connectivity index (χ1) is 9.07. The number of rotatable bonds is 6. The molecule has 0 bridgehead atoms. The summed E-state index contributed by atoms with van der Waals surface area (Å²) in [4.78, 5) is 11.8. The highest BCUT2D eigenvalue weighted by Crippen LogP contribution is 2.47. The van der Waals surface area contributed by atoms with Crippen molar-refractivity contribution in [2.45, 2.75) is 24.3 Å². The third-order valence-electron chi connectivity index (χ3n) is 3.59. The monoisotopic (exact) mass is 282 g/mol. The molecule has 0 spiro atoms. The SMILES string of the molecule is COCC(N)C(=O)NCC1(c2ccc(Cl)cc2)CC1. The third kappa shape index (κ3) is 3.47. The van der Waals surface area contributed by atoms with Crippen LogP contribution >= 0.6 is 11.6 Å². The van der Waals surface area contributed by atoms with E-state index in [0.29, 0.717) is 6.54 Å². The number of nitrogens with two attached hydrogens (primary N) is 1. The molecule has 1 saturated carbocycles. The molecule has 0 aliphatic heterocycles. The molecule has 4 nitrogen and oxygen atoms in total. The summed E-state index contributed by atoms with van der Waals surface area (Å²) in [5.74, 6) is -0.165. The fraction of sp³-hybridized carbons (Fsp3) is 0.500. The Morgan fingerprint density at radius 2 is 2.11 bits per heavy atom. The van der Waals surface area contributed by atoms with E-state index in [1.54, 1.807) is 0 Å². The first-order valence-electron chi connectivity index (χ1n) is 6.36. The van der Waals surface area contributed by atoms with Gasteiger partial charge in [-0.25, -0.2) is 0 Å². The number of methoxy groups -OCH3 is 1. The number of hydrogen-bond acceptors (Lipinski definition) is 3. The molecule has 0 heterocycles. The second kappa shape index (κ2) is 5.90. The zero-order valence-electron chi connectivity index (χ0n) is 11.0. The van der Waals surface area contributed by atoms with Crippen LogP contribution in [0.5, 0.6) is 0 Å². The summed E-state index contributed by atoms with van der Waals surface area (Å²) in [6.07, 6.45) is 2.16. The van der Waals surface area contributed by atoms with Crippen LogP contribution in [0, 0.1) is 0 Å². The number of amides is 1. The van der Waals surface area contributed by atoms with E-state index in [2.05, 4.69) is 5.32 Å². The number of benzene rings is 1. The van der Waals surface area contributed by atoms with Gasteiger partial charge in [-0.15, -0.1) is 0 Å². The van der Waals surface area contributed by atoms with Crippen LogP contribution in [0.2, 0.25) is 5.02 Å². The second-order valence-corrected chi connectivity index (χ2v) is 5.50. The van der Waals surface area contributed by atoms with Gasteiger partial charge < -0.3 is 15.8 Å². The number of hydrogen-bond donors (Lipinski definition) is 2. The highest BCUT2D eigenvalue weighted by atomic mass is 35.5. The predicted molar refractivity (Wildman–Crippen MR) is 75.2 cm³/mol. The van der Waals surface area contributed by atoms with E-state index in [1.165, 1.54) is 12.7 Å². The van der Waals surface area contributed by atoms with Crippen molar-refractivity contribution in [1.29, 1.82) is 0 Å². The molecule has 1 aromatic carbocycles. The van der Waals surface area contributed by atoms with E-state index in [4.69, 9.17) is 22.1 Å². The largest absolute Gasteiger partial charge is 0.383 e. The van der Waals surface area contributed by atoms with E-state index >= 15 is 0 Å². The Labute approximate surface area is 118 Å². The molecule has 3 N–H and O–H groups in total. The van der Waals surface area contributed by atoms with Gasteiger partial charge in [0.25, 0.3) is 0 Å². The zero-order chi connectivity index (χ0) is 13.9. The molecule has 19 heavy (non-hydrogen) atoms. The summed E-state index contributed by atoms with van der Waals surface area (Å²) in [6, 6.07) is 7.21. The minimum absolute atomic E-state index is 0.0625. The molecular weight excluding hydrogens is 264 g/mol. The van der Waals surface area contributed by atoms with Crippen molar-refractivity contribution in [3.63, 3.8) is 0 Å². The maximum absolute atomic E-state index is 11.8. The van der Waals surface area contributed by atoms with Crippen molar-refractivity contribution < 1.29 is 9.53 Å². The molecule has 0 aromatic heterocycles. The lowest BCUT2D eigenvalue weighted by atomic mass is 9.96. The Morgan fingerprint density at radius 1 is 1.47 bits per heavy atom. The van der Waals surface area contributed by atoms with Gasteiger partial charge in [0.1, 0.15) is 6.04 Å². The van der Waals surface area contributed by atoms with Gasteiger partial charge in [0.2, 0.25) is 5.91 Å². The molecule has 1 amide bonds. The maximum Gasteiger partial charge on any atom is 0.239 e. The van der Waals surface area contributed by atoms with Gasteiger partial charge in [0.15, 0.2) is 0 Å². The lowest BCUT2D eigenvalue weighted by Gasteiger charge is -2.18. The van der Waals surface area contributed by atoms with Crippen molar-refractivity contribution in [2.24, 2.45) is 5.73 Å². The van der Waals surface area contributed by atoms with Gasteiger partial charge in [0, 0.05) is 24.1 Å². The average molecular weight is 283 g/mol. The number of ether oxygens (including phenoxy) is 1. The Balaban J connectivity index is 1.92. The highest BCUT2D eigenvalue weighted by Gasteiger charge is 2.44. The van der Waals surface area contributed by atoms with Crippen LogP contribution in [0.4, 0.5) is 0 Å². The van der Waals surface area contributed by atoms with Crippen LogP contribution in [0.3, 0.4) is 0 Å². The van der Waals surface area contributed by atoms with Gasteiger partial charge in [-0.1, -0.05) is 23.7 Å². The number of halogens is 1. The maximum atomic E-state index is 11.8. The van der Waals surface area contributed by atoms with Crippen molar-refractivity contribution >= 4 is 17.5 Å². The number of nitrogens with one attached hydrogen (secondary N) is 1. The normalized spacial score (nSPS) is 17.8. The van der Waals surface area contributed by atoms with E-state index < -0.39 is 6.04 Å². The summed E-state index contributed by atoms with van der Waals surface area (Å²) in [5, 5.41) is 3.63. The molecule has 1 aliphatic carbocycles. The molecule has 2 rings (SSSR count). The summed E-state index contributed by atoms with van der Waals surface area (Å²) in [5.41, 5.74) is 6.96. The lowest BCUT2D eigenvalue weighted by Crippen LogP contribution is -2.45. The predicted octanol–water partition coefficient (Wildman–Crippen LogP) is 1.46. The van der Waals surface area contributed by atoms with E-state index in [1.807, 2.05) is 24.3 Å². The lowest BCUT2D eigenvalue weighted by molar-refractivity contribution is -0.123. The summed E-state index contributed by atoms with van der Waals surface area (Å²) < 4.78 is 4.87. The van der Waals surface area contributed by atoms with E-state index in [0.717, 1.165) is 17.9 Å². The summed E-state index contributed by atoms with van der Waals surface area (Å²) in [6.45, 7) is 0.852. The Hall–Kier alpha value is -1.10. The summed E-state index contributed by atoms with van der Waals surface area (Å²) >= 11 is 5.89. The van der Waals surface area contributed by atoms with Gasteiger partial charge in [-0.05, 0) is 30.5 Å². The molecule has 1 aromatic rings. The van der Waals surface area contributed by atoms with Crippen molar-refractivity contribution in [2.75, 3.05) is 20.3 Å². The highest BCUT2D eigenvalue weighted by molar-refractivity contribution is 6.30. The van der Waals surface area contributed by atoms with Gasteiger partial charge in [-0.2, -0.15) is 0 Å². The Bertz CT molecular complexity index is 443.